The number of carbonyl (C=O) groups is 1. The molecular weight excluding hydrogens is 152 g/mol. The molecule has 2 heteroatoms. The minimum Gasteiger partial charge on any atom is -0.426 e. The van der Waals surface area contributed by atoms with Crippen LogP contribution in [-0.2, 0) is 4.79 Å². The number of benzene rings is 1. The van der Waals surface area contributed by atoms with Crippen molar-refractivity contribution in [3.63, 3.8) is 0 Å². The predicted octanol–water partition coefficient (Wildman–Crippen LogP) is 2.02. The first-order valence-electron chi connectivity index (χ1n) is 4.01. The van der Waals surface area contributed by atoms with Gasteiger partial charge in [0.15, 0.2) is 0 Å². The molecule has 12 heavy (non-hydrogen) atoms. The standard InChI is InChI=1S/C10H10O2/c1-6-4-3-5-8-9(6)7(2)10(11)12-8/h3-5,7H,1-2H3. The third kappa shape index (κ3) is 0.843. The van der Waals surface area contributed by atoms with E-state index in [0.29, 0.717) is 0 Å². The molecule has 0 N–H and O–H groups in total. The smallest absolute Gasteiger partial charge is 0.318 e. The maximum atomic E-state index is 11.2. The van der Waals surface area contributed by atoms with Crippen LogP contribution >= 0.6 is 0 Å². The molecule has 1 unspecified atom stereocenters. The Hall–Kier alpha value is -1.31. The van der Waals surface area contributed by atoms with Crippen LogP contribution in [0, 0.1) is 6.92 Å². The molecule has 1 aliphatic rings. The SMILES string of the molecule is Cc1cccc2c1C(C)C(=O)O2. The van der Waals surface area contributed by atoms with Crippen molar-refractivity contribution in [1.29, 1.82) is 0 Å². The Morgan fingerprint density at radius 1 is 1.42 bits per heavy atom. The van der Waals surface area contributed by atoms with E-state index >= 15 is 0 Å². The van der Waals surface area contributed by atoms with Crippen molar-refractivity contribution in [2.45, 2.75) is 19.8 Å². The summed E-state index contributed by atoms with van der Waals surface area (Å²) in [5.41, 5.74) is 2.17. The molecule has 2 rings (SSSR count). The van der Waals surface area contributed by atoms with E-state index in [1.54, 1.807) is 0 Å². The average Bonchev–Trinajstić information content (AvgIpc) is 2.29. The first-order valence-corrected chi connectivity index (χ1v) is 4.01. The highest BCUT2D eigenvalue weighted by molar-refractivity contribution is 5.86. The first kappa shape index (κ1) is 7.35. The Balaban J connectivity index is 2.62. The molecule has 1 heterocycles. The molecule has 0 aromatic heterocycles. The maximum Gasteiger partial charge on any atom is 0.318 e. The molecule has 0 bridgehead atoms. The second kappa shape index (κ2) is 2.34. The van der Waals surface area contributed by atoms with Gasteiger partial charge in [-0.2, -0.15) is 0 Å². The van der Waals surface area contributed by atoms with Crippen LogP contribution in [0.15, 0.2) is 18.2 Å². The van der Waals surface area contributed by atoms with E-state index in [-0.39, 0.29) is 11.9 Å². The van der Waals surface area contributed by atoms with E-state index < -0.39 is 0 Å². The van der Waals surface area contributed by atoms with Crippen molar-refractivity contribution in [3.8, 4) is 5.75 Å². The molecule has 1 aromatic rings. The van der Waals surface area contributed by atoms with E-state index in [2.05, 4.69) is 0 Å². The molecule has 0 radical (unpaired) electrons. The molecule has 0 fully saturated rings. The fraction of sp³-hybridized carbons (Fsp3) is 0.300. The van der Waals surface area contributed by atoms with Gasteiger partial charge >= 0.3 is 5.97 Å². The van der Waals surface area contributed by atoms with Gasteiger partial charge < -0.3 is 4.74 Å². The van der Waals surface area contributed by atoms with Crippen molar-refractivity contribution < 1.29 is 9.53 Å². The largest absolute Gasteiger partial charge is 0.426 e. The van der Waals surface area contributed by atoms with Crippen LogP contribution in [0.2, 0.25) is 0 Å². The van der Waals surface area contributed by atoms with E-state index in [1.165, 1.54) is 0 Å². The van der Waals surface area contributed by atoms with Crippen molar-refractivity contribution in [2.24, 2.45) is 0 Å². The monoisotopic (exact) mass is 162 g/mol. The van der Waals surface area contributed by atoms with Crippen LogP contribution < -0.4 is 4.74 Å². The van der Waals surface area contributed by atoms with E-state index in [1.807, 2.05) is 32.0 Å². The quantitative estimate of drug-likeness (QED) is 0.431. The number of carbonyl (C=O) groups excluding carboxylic acids is 1. The summed E-state index contributed by atoms with van der Waals surface area (Å²) in [5, 5.41) is 0. The second-order valence-electron chi connectivity index (χ2n) is 3.13. The maximum absolute atomic E-state index is 11.2. The fourth-order valence-corrected chi connectivity index (χ4v) is 1.61. The lowest BCUT2D eigenvalue weighted by Crippen LogP contribution is -2.06. The summed E-state index contributed by atoms with van der Waals surface area (Å²) < 4.78 is 5.06. The number of rotatable bonds is 0. The Bertz CT molecular complexity index is 342. The molecule has 0 amide bonds. The average molecular weight is 162 g/mol. The summed E-state index contributed by atoms with van der Waals surface area (Å²) in [4.78, 5) is 11.2. The van der Waals surface area contributed by atoms with Crippen molar-refractivity contribution in [3.05, 3.63) is 29.3 Å². The number of hydrogen-bond donors (Lipinski definition) is 0. The Morgan fingerprint density at radius 3 is 2.83 bits per heavy atom. The van der Waals surface area contributed by atoms with Crippen LogP contribution in [0.3, 0.4) is 0 Å². The molecule has 1 aromatic carbocycles. The summed E-state index contributed by atoms with van der Waals surface area (Å²) in [6.45, 7) is 3.87. The lowest BCUT2D eigenvalue weighted by atomic mass is 9.98. The van der Waals surface area contributed by atoms with Crippen LogP contribution in [0.5, 0.6) is 5.75 Å². The van der Waals surface area contributed by atoms with Crippen molar-refractivity contribution in [2.75, 3.05) is 0 Å². The lowest BCUT2D eigenvalue weighted by Gasteiger charge is -2.01. The van der Waals surface area contributed by atoms with Gasteiger partial charge in [0, 0.05) is 5.56 Å². The van der Waals surface area contributed by atoms with E-state index in [9.17, 15) is 4.79 Å². The highest BCUT2D eigenvalue weighted by atomic mass is 16.5. The summed E-state index contributed by atoms with van der Waals surface area (Å²) in [6, 6.07) is 5.74. The van der Waals surface area contributed by atoms with Gasteiger partial charge in [-0.25, -0.2) is 0 Å². The summed E-state index contributed by atoms with van der Waals surface area (Å²) in [6.07, 6.45) is 0. The van der Waals surface area contributed by atoms with Crippen molar-refractivity contribution in [1.82, 2.24) is 0 Å². The number of ether oxygens (including phenoxy) is 1. The van der Waals surface area contributed by atoms with Crippen molar-refractivity contribution >= 4 is 5.97 Å². The van der Waals surface area contributed by atoms with Gasteiger partial charge in [-0.3, -0.25) is 4.79 Å². The third-order valence-electron chi connectivity index (χ3n) is 2.28. The Morgan fingerprint density at radius 2 is 2.17 bits per heavy atom. The zero-order valence-electron chi connectivity index (χ0n) is 7.13. The number of hydrogen-bond acceptors (Lipinski definition) is 2. The molecule has 0 saturated heterocycles. The number of aryl methyl sites for hydroxylation is 1. The zero-order valence-corrected chi connectivity index (χ0v) is 7.13. The van der Waals surface area contributed by atoms with Crippen LogP contribution in [0.1, 0.15) is 24.0 Å². The highest BCUT2D eigenvalue weighted by Crippen LogP contribution is 2.36. The normalized spacial score (nSPS) is 20.5. The van der Waals surface area contributed by atoms with Gasteiger partial charge in [0.05, 0.1) is 5.92 Å². The fourth-order valence-electron chi connectivity index (χ4n) is 1.61. The Kier molecular flexibility index (Phi) is 1.43. The van der Waals surface area contributed by atoms with Crippen LogP contribution in [-0.4, -0.2) is 5.97 Å². The zero-order chi connectivity index (χ0) is 8.72. The topological polar surface area (TPSA) is 26.3 Å². The minimum atomic E-state index is -0.140. The van der Waals surface area contributed by atoms with Gasteiger partial charge in [-0.15, -0.1) is 0 Å². The number of esters is 1. The second-order valence-corrected chi connectivity index (χ2v) is 3.13. The van der Waals surface area contributed by atoms with Gasteiger partial charge in [0.2, 0.25) is 0 Å². The number of fused-ring (bicyclic) bond motifs is 1. The molecule has 0 aliphatic carbocycles. The summed E-state index contributed by atoms with van der Waals surface area (Å²) in [7, 11) is 0. The summed E-state index contributed by atoms with van der Waals surface area (Å²) >= 11 is 0. The van der Waals surface area contributed by atoms with Crippen LogP contribution in [0.25, 0.3) is 0 Å². The lowest BCUT2D eigenvalue weighted by molar-refractivity contribution is -0.133. The molecule has 0 saturated carbocycles. The van der Waals surface area contributed by atoms with Crippen LogP contribution in [0.4, 0.5) is 0 Å². The molecule has 1 aliphatic heterocycles. The molecule has 1 atom stereocenters. The predicted molar refractivity (Wildman–Crippen MR) is 45.2 cm³/mol. The first-order chi connectivity index (χ1) is 5.70. The Labute approximate surface area is 71.2 Å². The molecular formula is C10H10O2. The molecule has 0 spiro atoms. The van der Waals surface area contributed by atoms with Gasteiger partial charge in [-0.1, -0.05) is 12.1 Å². The molecule has 62 valence electrons. The van der Waals surface area contributed by atoms with E-state index in [4.69, 9.17) is 4.74 Å². The van der Waals surface area contributed by atoms with E-state index in [0.717, 1.165) is 16.9 Å². The van der Waals surface area contributed by atoms with Gasteiger partial charge in [0.1, 0.15) is 5.75 Å². The third-order valence-corrected chi connectivity index (χ3v) is 2.28. The molecule has 2 nitrogen and oxygen atoms in total. The van der Waals surface area contributed by atoms with Gasteiger partial charge in [0.25, 0.3) is 0 Å². The van der Waals surface area contributed by atoms with Gasteiger partial charge in [-0.05, 0) is 25.5 Å². The highest BCUT2D eigenvalue weighted by Gasteiger charge is 2.29. The minimum absolute atomic E-state index is 0.0961. The summed E-state index contributed by atoms with van der Waals surface area (Å²) in [5.74, 6) is 0.494.